The summed E-state index contributed by atoms with van der Waals surface area (Å²) in [7, 11) is 3.39. The molecule has 0 aliphatic rings. The van der Waals surface area contributed by atoms with Crippen molar-refractivity contribution in [2.45, 2.75) is 18.7 Å². The highest BCUT2D eigenvalue weighted by molar-refractivity contribution is 9.10. The topological polar surface area (TPSA) is 29.5 Å². The number of hydrogen-bond donors (Lipinski definition) is 0. The summed E-state index contributed by atoms with van der Waals surface area (Å²) < 4.78 is 5.14. The number of benzene rings is 1. The van der Waals surface area contributed by atoms with Crippen molar-refractivity contribution in [2.75, 3.05) is 19.1 Å². The monoisotopic (exact) mass is 299 g/mol. The number of carbonyl (C=O) groups is 1. The highest BCUT2D eigenvalue weighted by Gasteiger charge is 2.23. The predicted octanol–water partition coefficient (Wildman–Crippen LogP) is 3.08. The third-order valence-electron chi connectivity index (χ3n) is 2.59. The van der Waals surface area contributed by atoms with Gasteiger partial charge in [-0.25, -0.2) is 0 Å². The molecule has 1 aromatic carbocycles. The highest BCUT2D eigenvalue weighted by Crippen LogP contribution is 2.23. The molecule has 0 aliphatic heterocycles. The van der Waals surface area contributed by atoms with Crippen LogP contribution in [0.15, 0.2) is 24.3 Å². The van der Waals surface area contributed by atoms with E-state index < -0.39 is 0 Å². The molecule has 1 aromatic rings. The molecule has 17 heavy (non-hydrogen) atoms. The molecule has 0 N–H and O–H groups in total. The highest BCUT2D eigenvalue weighted by atomic mass is 79.9. The van der Waals surface area contributed by atoms with Crippen LogP contribution in [-0.2, 0) is 4.79 Å². The lowest BCUT2D eigenvalue weighted by Gasteiger charge is -2.22. The smallest absolute Gasteiger partial charge is 0.240 e. The number of nitrogens with zero attached hydrogens (tertiary/aromatic N) is 1. The first-order chi connectivity index (χ1) is 7.97. The van der Waals surface area contributed by atoms with Crippen LogP contribution < -0.4 is 9.64 Å². The van der Waals surface area contributed by atoms with Crippen molar-refractivity contribution in [3.63, 3.8) is 0 Å². The van der Waals surface area contributed by atoms with Crippen molar-refractivity contribution in [3.8, 4) is 5.75 Å². The average Bonchev–Trinajstić information content (AvgIpc) is 2.36. The van der Waals surface area contributed by atoms with E-state index in [0.29, 0.717) is 0 Å². The minimum absolute atomic E-state index is 0.0493. The van der Waals surface area contributed by atoms with Crippen molar-refractivity contribution in [2.24, 2.45) is 5.92 Å². The molecule has 0 spiro atoms. The van der Waals surface area contributed by atoms with Gasteiger partial charge in [-0.15, -0.1) is 0 Å². The van der Waals surface area contributed by atoms with E-state index in [1.165, 1.54) is 0 Å². The zero-order chi connectivity index (χ0) is 13.0. The predicted molar refractivity (Wildman–Crippen MR) is 74.0 cm³/mol. The van der Waals surface area contributed by atoms with Crippen molar-refractivity contribution >= 4 is 27.5 Å². The normalized spacial score (nSPS) is 12.4. The van der Waals surface area contributed by atoms with Crippen LogP contribution in [0.1, 0.15) is 13.8 Å². The molecule has 0 aromatic heterocycles. The molecule has 0 heterocycles. The molecule has 1 unspecified atom stereocenters. The van der Waals surface area contributed by atoms with Gasteiger partial charge in [0.05, 0.1) is 11.9 Å². The fourth-order valence-corrected chi connectivity index (χ4v) is 1.72. The first-order valence-electron chi connectivity index (χ1n) is 5.53. The summed E-state index contributed by atoms with van der Waals surface area (Å²) in [4.78, 5) is 13.6. The lowest BCUT2D eigenvalue weighted by Crippen LogP contribution is -2.35. The summed E-state index contributed by atoms with van der Waals surface area (Å²) in [5, 5.41) is 0. The summed E-state index contributed by atoms with van der Waals surface area (Å²) in [6.45, 7) is 4.02. The molecule has 3 nitrogen and oxygen atoms in total. The first-order valence-corrected chi connectivity index (χ1v) is 6.44. The Morgan fingerprint density at radius 1 is 1.41 bits per heavy atom. The summed E-state index contributed by atoms with van der Waals surface area (Å²) in [6.07, 6.45) is 0. The Hall–Kier alpha value is -1.03. The van der Waals surface area contributed by atoms with Gasteiger partial charge in [0, 0.05) is 18.8 Å². The number of ether oxygens (including phenoxy) is 1. The minimum Gasteiger partial charge on any atom is -0.497 e. The van der Waals surface area contributed by atoms with Crippen LogP contribution in [0, 0.1) is 5.92 Å². The van der Waals surface area contributed by atoms with E-state index in [0.717, 1.165) is 11.4 Å². The number of hydrogen-bond acceptors (Lipinski definition) is 2. The Bertz CT molecular complexity index is 393. The molecular weight excluding hydrogens is 282 g/mol. The van der Waals surface area contributed by atoms with Gasteiger partial charge in [-0.3, -0.25) is 4.79 Å². The molecule has 0 saturated carbocycles. The molecule has 4 heteroatoms. The van der Waals surface area contributed by atoms with Gasteiger partial charge in [0.25, 0.3) is 0 Å². The van der Waals surface area contributed by atoms with E-state index in [1.54, 1.807) is 19.1 Å². The maximum absolute atomic E-state index is 12.1. The van der Waals surface area contributed by atoms with Crippen LogP contribution in [0.25, 0.3) is 0 Å². The lowest BCUT2D eigenvalue weighted by atomic mass is 10.1. The fourth-order valence-electron chi connectivity index (χ4n) is 1.42. The van der Waals surface area contributed by atoms with Gasteiger partial charge in [0.1, 0.15) is 5.75 Å². The van der Waals surface area contributed by atoms with Gasteiger partial charge in [0.15, 0.2) is 0 Å². The van der Waals surface area contributed by atoms with Crippen LogP contribution in [0.2, 0.25) is 0 Å². The number of amides is 1. The molecular formula is C13H18BrNO2. The van der Waals surface area contributed by atoms with Gasteiger partial charge >= 0.3 is 0 Å². The van der Waals surface area contributed by atoms with Gasteiger partial charge in [-0.05, 0) is 18.1 Å². The molecule has 0 fully saturated rings. The summed E-state index contributed by atoms with van der Waals surface area (Å²) in [6, 6.07) is 7.46. The lowest BCUT2D eigenvalue weighted by molar-refractivity contribution is -0.118. The standard InChI is InChI=1S/C13H18BrNO2/c1-9(2)12(14)13(16)15(3)10-6-5-7-11(8-10)17-4/h5-9,12H,1-4H3. The van der Waals surface area contributed by atoms with Crippen LogP contribution >= 0.6 is 15.9 Å². The van der Waals surface area contributed by atoms with E-state index in [9.17, 15) is 4.79 Å². The summed E-state index contributed by atoms with van der Waals surface area (Å²) in [5.74, 6) is 1.06. The second-order valence-corrected chi connectivity index (χ2v) is 5.23. The molecule has 0 bridgehead atoms. The van der Waals surface area contributed by atoms with E-state index in [1.807, 2.05) is 38.1 Å². The van der Waals surface area contributed by atoms with E-state index in [-0.39, 0.29) is 16.7 Å². The molecule has 94 valence electrons. The van der Waals surface area contributed by atoms with Crippen molar-refractivity contribution in [1.82, 2.24) is 0 Å². The van der Waals surface area contributed by atoms with Gasteiger partial charge in [0.2, 0.25) is 5.91 Å². The Labute approximate surface area is 111 Å². The Morgan fingerprint density at radius 3 is 2.59 bits per heavy atom. The van der Waals surface area contributed by atoms with Crippen molar-refractivity contribution < 1.29 is 9.53 Å². The molecule has 0 saturated heterocycles. The molecule has 1 rings (SSSR count). The SMILES string of the molecule is COc1cccc(N(C)C(=O)C(Br)C(C)C)c1. The fraction of sp³-hybridized carbons (Fsp3) is 0.462. The molecule has 0 radical (unpaired) electrons. The van der Waals surface area contributed by atoms with Gasteiger partial charge in [-0.1, -0.05) is 35.8 Å². The molecule has 1 atom stereocenters. The van der Waals surface area contributed by atoms with Crippen molar-refractivity contribution in [1.29, 1.82) is 0 Å². The second kappa shape index (κ2) is 6.05. The number of carbonyl (C=O) groups excluding carboxylic acids is 1. The Kier molecular flexibility index (Phi) is 5.00. The van der Waals surface area contributed by atoms with Crippen LogP contribution in [-0.4, -0.2) is 24.9 Å². The van der Waals surface area contributed by atoms with Crippen LogP contribution in [0.3, 0.4) is 0 Å². The third kappa shape index (κ3) is 3.46. The number of alkyl halides is 1. The molecule has 1 amide bonds. The zero-order valence-corrected chi connectivity index (χ0v) is 12.2. The zero-order valence-electron chi connectivity index (χ0n) is 10.6. The minimum atomic E-state index is -0.168. The quantitative estimate of drug-likeness (QED) is 0.800. The van der Waals surface area contributed by atoms with Crippen LogP contribution in [0.4, 0.5) is 5.69 Å². The maximum Gasteiger partial charge on any atom is 0.240 e. The maximum atomic E-state index is 12.1. The van der Waals surface area contributed by atoms with E-state index in [2.05, 4.69) is 15.9 Å². The Balaban J connectivity index is 2.88. The van der Waals surface area contributed by atoms with Gasteiger partial charge < -0.3 is 9.64 Å². The largest absolute Gasteiger partial charge is 0.497 e. The Morgan fingerprint density at radius 2 is 2.06 bits per heavy atom. The van der Waals surface area contributed by atoms with Crippen molar-refractivity contribution in [3.05, 3.63) is 24.3 Å². The number of methoxy groups -OCH3 is 1. The summed E-state index contributed by atoms with van der Waals surface area (Å²) in [5.41, 5.74) is 0.833. The second-order valence-electron chi connectivity index (χ2n) is 4.24. The first kappa shape index (κ1) is 14.0. The van der Waals surface area contributed by atoms with E-state index >= 15 is 0 Å². The third-order valence-corrected chi connectivity index (χ3v) is 4.04. The molecule has 0 aliphatic carbocycles. The van der Waals surface area contributed by atoms with E-state index in [4.69, 9.17) is 4.74 Å². The number of halogens is 1. The summed E-state index contributed by atoms with van der Waals surface area (Å²) >= 11 is 3.42. The average molecular weight is 300 g/mol. The van der Waals surface area contributed by atoms with Gasteiger partial charge in [-0.2, -0.15) is 0 Å². The number of rotatable bonds is 4. The van der Waals surface area contributed by atoms with Crippen LogP contribution in [0.5, 0.6) is 5.75 Å². The number of anilines is 1.